The molecule has 0 aromatic heterocycles. The van der Waals surface area contributed by atoms with E-state index in [2.05, 4.69) is 19.1 Å². The minimum Gasteiger partial charge on any atom is -0.481 e. The van der Waals surface area contributed by atoms with Gasteiger partial charge in [-0.15, -0.1) is 0 Å². The van der Waals surface area contributed by atoms with E-state index in [0.717, 1.165) is 12.8 Å². The number of hydrogen-bond acceptors (Lipinski definition) is 1. The van der Waals surface area contributed by atoms with E-state index in [0.29, 0.717) is 11.8 Å². The number of allylic oxidation sites excluding steroid dienone is 2. The van der Waals surface area contributed by atoms with Crippen LogP contribution in [0.3, 0.4) is 0 Å². The van der Waals surface area contributed by atoms with Crippen molar-refractivity contribution in [3.63, 3.8) is 0 Å². The number of aliphatic carboxylic acids is 1. The van der Waals surface area contributed by atoms with Crippen LogP contribution in [0.2, 0.25) is 0 Å². The summed E-state index contributed by atoms with van der Waals surface area (Å²) in [6, 6.07) is 0. The zero-order valence-electron chi connectivity index (χ0n) is 14.6. The van der Waals surface area contributed by atoms with Crippen molar-refractivity contribution < 1.29 is 9.90 Å². The largest absolute Gasteiger partial charge is 0.481 e. The van der Waals surface area contributed by atoms with Gasteiger partial charge in [0, 0.05) is 6.42 Å². The number of hydrogen-bond donors (Lipinski definition) is 1. The van der Waals surface area contributed by atoms with E-state index in [-0.39, 0.29) is 0 Å². The van der Waals surface area contributed by atoms with Crippen LogP contribution < -0.4 is 0 Å². The van der Waals surface area contributed by atoms with Gasteiger partial charge in [-0.2, -0.15) is 0 Å². The lowest BCUT2D eigenvalue weighted by Crippen LogP contribution is -2.20. The molecule has 0 aliphatic heterocycles. The number of carboxylic acid groups (broad SMARTS) is 1. The first-order valence-corrected chi connectivity index (χ1v) is 9.58. The molecule has 0 amide bonds. The Morgan fingerprint density at radius 1 is 1.00 bits per heavy atom. The van der Waals surface area contributed by atoms with Gasteiger partial charge in [-0.05, 0) is 43.9 Å². The summed E-state index contributed by atoms with van der Waals surface area (Å²) < 4.78 is 0. The second-order valence-corrected chi connectivity index (χ2v) is 7.13. The molecule has 2 nitrogen and oxygen atoms in total. The van der Waals surface area contributed by atoms with Crippen LogP contribution in [-0.4, -0.2) is 11.1 Å². The molecule has 0 heterocycles. The molecule has 0 radical (unpaired) electrons. The Labute approximate surface area is 137 Å². The highest BCUT2D eigenvalue weighted by Gasteiger charge is 2.27. The van der Waals surface area contributed by atoms with E-state index in [4.69, 9.17) is 5.11 Å². The first-order valence-electron chi connectivity index (χ1n) is 9.58. The molecule has 1 rings (SSSR count). The third-order valence-electron chi connectivity index (χ3n) is 5.11. The Balaban J connectivity index is 2.14. The number of carbonyl (C=O) groups is 1. The van der Waals surface area contributed by atoms with Gasteiger partial charge >= 0.3 is 5.97 Å². The summed E-state index contributed by atoms with van der Waals surface area (Å²) in [4.78, 5) is 10.4. The van der Waals surface area contributed by atoms with Gasteiger partial charge < -0.3 is 5.11 Å². The van der Waals surface area contributed by atoms with Crippen molar-refractivity contribution in [3.8, 4) is 0 Å². The molecule has 1 unspecified atom stereocenters. The van der Waals surface area contributed by atoms with Gasteiger partial charge in [0.05, 0.1) is 0 Å². The van der Waals surface area contributed by atoms with Crippen LogP contribution in [0.15, 0.2) is 12.2 Å². The molecule has 1 N–H and O–H groups in total. The van der Waals surface area contributed by atoms with Gasteiger partial charge in [-0.25, -0.2) is 0 Å². The fourth-order valence-electron chi connectivity index (χ4n) is 3.72. The minimum absolute atomic E-state index is 0.339. The number of unbranched alkanes of at least 4 members (excludes halogenated alkanes) is 7. The Kier molecular flexibility index (Phi) is 10.3. The van der Waals surface area contributed by atoms with Crippen LogP contribution in [0.1, 0.15) is 103 Å². The number of carboxylic acids is 1. The minimum atomic E-state index is -0.655. The predicted octanol–water partition coefficient (Wildman–Crippen LogP) is 6.50. The molecule has 0 bridgehead atoms. The molecule has 0 aromatic carbocycles. The van der Waals surface area contributed by atoms with E-state index in [1.165, 1.54) is 77.0 Å². The Hall–Kier alpha value is -0.790. The summed E-state index contributed by atoms with van der Waals surface area (Å²) in [5.74, 6) is -0.655. The van der Waals surface area contributed by atoms with Gasteiger partial charge in [0.15, 0.2) is 0 Å². The van der Waals surface area contributed by atoms with Crippen LogP contribution in [0.4, 0.5) is 0 Å². The van der Waals surface area contributed by atoms with E-state index >= 15 is 0 Å². The molecule has 22 heavy (non-hydrogen) atoms. The van der Waals surface area contributed by atoms with Gasteiger partial charge in [0.2, 0.25) is 0 Å². The predicted molar refractivity (Wildman–Crippen MR) is 94.1 cm³/mol. The van der Waals surface area contributed by atoms with Crippen molar-refractivity contribution in [2.75, 3.05) is 0 Å². The molecule has 128 valence electrons. The highest BCUT2D eigenvalue weighted by atomic mass is 16.4. The lowest BCUT2D eigenvalue weighted by Gasteiger charge is -2.34. The van der Waals surface area contributed by atoms with Crippen molar-refractivity contribution in [1.29, 1.82) is 0 Å². The lowest BCUT2D eigenvalue weighted by atomic mass is 9.72. The molecular weight excluding hydrogens is 272 g/mol. The normalized spacial score (nSPS) is 21.1. The summed E-state index contributed by atoms with van der Waals surface area (Å²) >= 11 is 0. The fourth-order valence-corrected chi connectivity index (χ4v) is 3.72. The standard InChI is InChI=1S/C20H36O2/c1-2-3-10-15-20(17-12-8-13-18-20)16-11-7-5-4-6-9-14-19(21)22/h12,17H,2-11,13-16,18H2,1H3,(H,21,22). The SMILES string of the molecule is CCCCCC1(CCCCCCCCC(=O)O)C=CCCC1. The monoisotopic (exact) mass is 308 g/mol. The molecule has 0 saturated heterocycles. The molecule has 1 aliphatic carbocycles. The summed E-state index contributed by atoms with van der Waals surface area (Å²) in [5.41, 5.74) is 0.511. The van der Waals surface area contributed by atoms with Crippen LogP contribution >= 0.6 is 0 Å². The van der Waals surface area contributed by atoms with Crippen molar-refractivity contribution in [2.24, 2.45) is 5.41 Å². The van der Waals surface area contributed by atoms with Crippen LogP contribution in [0.25, 0.3) is 0 Å². The quantitative estimate of drug-likeness (QED) is 0.311. The summed E-state index contributed by atoms with van der Waals surface area (Å²) in [5, 5.41) is 8.61. The van der Waals surface area contributed by atoms with Gasteiger partial charge in [-0.1, -0.05) is 70.4 Å². The Morgan fingerprint density at radius 2 is 1.64 bits per heavy atom. The fraction of sp³-hybridized carbons (Fsp3) is 0.850. The smallest absolute Gasteiger partial charge is 0.303 e. The molecule has 2 heteroatoms. The average Bonchev–Trinajstić information content (AvgIpc) is 2.51. The van der Waals surface area contributed by atoms with Crippen molar-refractivity contribution in [3.05, 3.63) is 12.2 Å². The summed E-state index contributed by atoms with van der Waals surface area (Å²) in [6.07, 6.45) is 23.2. The average molecular weight is 309 g/mol. The van der Waals surface area contributed by atoms with Crippen LogP contribution in [-0.2, 0) is 4.79 Å². The Bertz CT molecular complexity index is 322. The summed E-state index contributed by atoms with van der Waals surface area (Å²) in [6.45, 7) is 2.29. The maximum atomic E-state index is 10.4. The van der Waals surface area contributed by atoms with Gasteiger partial charge in [0.1, 0.15) is 0 Å². The third-order valence-corrected chi connectivity index (χ3v) is 5.11. The van der Waals surface area contributed by atoms with Gasteiger partial charge in [0.25, 0.3) is 0 Å². The van der Waals surface area contributed by atoms with Gasteiger partial charge in [-0.3, -0.25) is 4.79 Å². The van der Waals surface area contributed by atoms with Crippen molar-refractivity contribution in [2.45, 2.75) is 103 Å². The zero-order valence-corrected chi connectivity index (χ0v) is 14.6. The van der Waals surface area contributed by atoms with Crippen LogP contribution in [0, 0.1) is 5.41 Å². The number of rotatable bonds is 13. The molecule has 0 spiro atoms. The van der Waals surface area contributed by atoms with Crippen molar-refractivity contribution >= 4 is 5.97 Å². The molecular formula is C20H36O2. The van der Waals surface area contributed by atoms with Crippen LogP contribution in [0.5, 0.6) is 0 Å². The highest BCUT2D eigenvalue weighted by molar-refractivity contribution is 5.66. The topological polar surface area (TPSA) is 37.3 Å². The summed E-state index contributed by atoms with van der Waals surface area (Å²) in [7, 11) is 0. The first-order chi connectivity index (χ1) is 10.7. The highest BCUT2D eigenvalue weighted by Crippen LogP contribution is 2.40. The van der Waals surface area contributed by atoms with E-state index in [9.17, 15) is 4.79 Å². The molecule has 0 saturated carbocycles. The molecule has 1 atom stereocenters. The molecule has 1 aliphatic rings. The second kappa shape index (κ2) is 11.7. The molecule has 0 fully saturated rings. The molecule has 0 aromatic rings. The maximum Gasteiger partial charge on any atom is 0.303 e. The van der Waals surface area contributed by atoms with E-state index < -0.39 is 5.97 Å². The van der Waals surface area contributed by atoms with Crippen molar-refractivity contribution in [1.82, 2.24) is 0 Å². The second-order valence-electron chi connectivity index (χ2n) is 7.13. The maximum absolute atomic E-state index is 10.4. The first kappa shape index (κ1) is 19.3. The third kappa shape index (κ3) is 8.60. The van der Waals surface area contributed by atoms with E-state index in [1.807, 2.05) is 0 Å². The Morgan fingerprint density at radius 3 is 2.23 bits per heavy atom. The zero-order chi connectivity index (χ0) is 16.1. The van der Waals surface area contributed by atoms with E-state index in [1.54, 1.807) is 0 Å². The lowest BCUT2D eigenvalue weighted by molar-refractivity contribution is -0.137.